The lowest BCUT2D eigenvalue weighted by Crippen LogP contribution is -2.29. The van der Waals surface area contributed by atoms with Gasteiger partial charge < -0.3 is 15.4 Å². The molecule has 0 aliphatic heterocycles. The van der Waals surface area contributed by atoms with Gasteiger partial charge in [0.1, 0.15) is 5.75 Å². The van der Waals surface area contributed by atoms with Crippen LogP contribution in [0, 0.1) is 0 Å². The topological polar surface area (TPSA) is 50.4 Å². The number of nitrogens with one attached hydrogen (secondary N) is 2. The van der Waals surface area contributed by atoms with Crippen LogP contribution in [0.15, 0.2) is 48.5 Å². The molecule has 0 unspecified atom stereocenters. The number of carbonyl (C=O) groups is 1. The molecule has 2 N–H and O–H groups in total. The minimum atomic E-state index is -4.73. The van der Waals surface area contributed by atoms with E-state index in [0.29, 0.717) is 17.3 Å². The molecule has 0 saturated heterocycles. The number of rotatable bonds is 6. The molecular weight excluding hydrogens is 345 g/mol. The number of halogens is 4. The van der Waals surface area contributed by atoms with Gasteiger partial charge in [0, 0.05) is 17.3 Å². The number of carbonyl (C=O) groups excluding carboxylic acids is 1. The van der Waals surface area contributed by atoms with Crippen molar-refractivity contribution in [3.63, 3.8) is 0 Å². The smallest absolute Gasteiger partial charge is 0.406 e. The van der Waals surface area contributed by atoms with Crippen LogP contribution in [0.25, 0.3) is 0 Å². The third-order valence-electron chi connectivity index (χ3n) is 2.97. The van der Waals surface area contributed by atoms with Crippen molar-refractivity contribution in [1.82, 2.24) is 5.32 Å². The quantitative estimate of drug-likeness (QED) is 0.821. The predicted octanol–water partition coefficient (Wildman–Crippen LogP) is 3.97. The zero-order valence-electron chi connectivity index (χ0n) is 12.4. The highest BCUT2D eigenvalue weighted by Gasteiger charge is 2.30. The standard InChI is InChI=1S/C16H14ClF3N2O2/c17-14-4-2-1-3-11(14)9-22-15(23)10-21-12-5-7-13(8-6-12)24-16(18,19)20/h1-8,21H,9-10H2,(H,22,23). The highest BCUT2D eigenvalue weighted by molar-refractivity contribution is 6.31. The van der Waals surface area contributed by atoms with E-state index in [1.807, 2.05) is 6.07 Å². The second-order valence-corrected chi connectivity index (χ2v) is 5.20. The van der Waals surface area contributed by atoms with Gasteiger partial charge in [-0.05, 0) is 35.9 Å². The molecule has 0 atom stereocenters. The summed E-state index contributed by atoms with van der Waals surface area (Å²) in [5.41, 5.74) is 1.29. The summed E-state index contributed by atoms with van der Waals surface area (Å²) in [7, 11) is 0. The molecule has 2 aromatic rings. The maximum atomic E-state index is 12.0. The first-order valence-electron chi connectivity index (χ1n) is 6.93. The summed E-state index contributed by atoms with van der Waals surface area (Å²) in [6.45, 7) is 0.266. The Morgan fingerprint density at radius 3 is 2.38 bits per heavy atom. The molecule has 0 spiro atoms. The summed E-state index contributed by atoms with van der Waals surface area (Å²) in [5, 5.41) is 6.06. The van der Waals surface area contributed by atoms with Crippen molar-refractivity contribution in [2.24, 2.45) is 0 Å². The van der Waals surface area contributed by atoms with E-state index in [0.717, 1.165) is 17.7 Å². The van der Waals surface area contributed by atoms with Crippen LogP contribution >= 0.6 is 11.6 Å². The molecule has 0 saturated carbocycles. The number of hydrogen-bond donors (Lipinski definition) is 2. The average molecular weight is 359 g/mol. The molecule has 2 aromatic carbocycles. The van der Waals surface area contributed by atoms with Crippen molar-refractivity contribution in [3.8, 4) is 5.75 Å². The summed E-state index contributed by atoms with van der Waals surface area (Å²) >= 11 is 5.98. The van der Waals surface area contributed by atoms with E-state index in [4.69, 9.17) is 11.6 Å². The Bertz CT molecular complexity index is 690. The monoisotopic (exact) mass is 358 g/mol. The first-order chi connectivity index (χ1) is 11.3. The highest BCUT2D eigenvalue weighted by Crippen LogP contribution is 2.23. The predicted molar refractivity (Wildman–Crippen MR) is 84.9 cm³/mol. The minimum Gasteiger partial charge on any atom is -0.406 e. The molecule has 0 aromatic heterocycles. The van der Waals surface area contributed by atoms with Crippen molar-refractivity contribution in [2.75, 3.05) is 11.9 Å². The average Bonchev–Trinajstić information content (AvgIpc) is 2.52. The Labute approximate surface area is 141 Å². The third kappa shape index (κ3) is 6.00. The fraction of sp³-hybridized carbons (Fsp3) is 0.188. The Morgan fingerprint density at radius 2 is 1.75 bits per heavy atom. The first-order valence-corrected chi connectivity index (χ1v) is 7.31. The van der Waals surface area contributed by atoms with Gasteiger partial charge in [-0.3, -0.25) is 4.79 Å². The number of ether oxygens (including phenoxy) is 1. The van der Waals surface area contributed by atoms with Gasteiger partial charge in [0.05, 0.1) is 6.54 Å². The van der Waals surface area contributed by atoms with E-state index >= 15 is 0 Å². The van der Waals surface area contributed by atoms with Gasteiger partial charge in [-0.1, -0.05) is 29.8 Å². The van der Waals surface area contributed by atoms with Gasteiger partial charge in [0.2, 0.25) is 5.91 Å². The van der Waals surface area contributed by atoms with Gasteiger partial charge in [0.15, 0.2) is 0 Å². The van der Waals surface area contributed by atoms with Crippen LogP contribution in [-0.2, 0) is 11.3 Å². The molecule has 0 fully saturated rings. The second kappa shape index (κ2) is 7.92. The molecule has 0 heterocycles. The molecule has 4 nitrogen and oxygen atoms in total. The normalized spacial score (nSPS) is 11.0. The van der Waals surface area contributed by atoms with E-state index in [9.17, 15) is 18.0 Å². The zero-order valence-corrected chi connectivity index (χ0v) is 13.1. The van der Waals surface area contributed by atoms with E-state index < -0.39 is 6.36 Å². The molecule has 0 radical (unpaired) electrons. The summed E-state index contributed by atoms with van der Waals surface area (Å²) in [6.07, 6.45) is -4.73. The second-order valence-electron chi connectivity index (χ2n) is 4.79. The van der Waals surface area contributed by atoms with E-state index in [1.54, 1.807) is 18.2 Å². The molecule has 24 heavy (non-hydrogen) atoms. The van der Waals surface area contributed by atoms with Gasteiger partial charge >= 0.3 is 6.36 Å². The lowest BCUT2D eigenvalue weighted by molar-refractivity contribution is -0.274. The van der Waals surface area contributed by atoms with Crippen LogP contribution in [0.2, 0.25) is 5.02 Å². The molecular formula is C16H14ClF3N2O2. The van der Waals surface area contributed by atoms with Crippen molar-refractivity contribution in [1.29, 1.82) is 0 Å². The molecule has 1 amide bonds. The Kier molecular flexibility index (Phi) is 5.92. The molecule has 0 bridgehead atoms. The van der Waals surface area contributed by atoms with E-state index in [-0.39, 0.29) is 18.2 Å². The third-order valence-corrected chi connectivity index (χ3v) is 3.34. The summed E-state index contributed by atoms with van der Waals surface area (Å²) in [6, 6.07) is 12.2. The molecule has 2 rings (SSSR count). The summed E-state index contributed by atoms with van der Waals surface area (Å²) in [5.74, 6) is -0.596. The fourth-order valence-corrected chi connectivity index (χ4v) is 2.06. The number of benzene rings is 2. The van der Waals surface area contributed by atoms with Crippen molar-refractivity contribution in [3.05, 3.63) is 59.1 Å². The van der Waals surface area contributed by atoms with Crippen LogP contribution in [0.5, 0.6) is 5.75 Å². The molecule has 0 aliphatic rings. The first kappa shape index (κ1) is 17.9. The van der Waals surface area contributed by atoms with Crippen LogP contribution in [-0.4, -0.2) is 18.8 Å². The number of amides is 1. The largest absolute Gasteiger partial charge is 0.573 e. The van der Waals surface area contributed by atoms with Crippen molar-refractivity contribution < 1.29 is 22.7 Å². The van der Waals surface area contributed by atoms with Crippen LogP contribution in [0.4, 0.5) is 18.9 Å². The van der Waals surface area contributed by atoms with Gasteiger partial charge in [-0.2, -0.15) is 0 Å². The van der Waals surface area contributed by atoms with E-state index in [1.165, 1.54) is 12.1 Å². The summed E-state index contributed by atoms with van der Waals surface area (Å²) in [4.78, 5) is 11.8. The highest BCUT2D eigenvalue weighted by atomic mass is 35.5. The van der Waals surface area contributed by atoms with Crippen LogP contribution < -0.4 is 15.4 Å². The lowest BCUT2D eigenvalue weighted by atomic mass is 10.2. The molecule has 8 heteroatoms. The minimum absolute atomic E-state index is 0.0239. The number of anilines is 1. The molecule has 0 aliphatic carbocycles. The van der Waals surface area contributed by atoms with Crippen molar-refractivity contribution >= 4 is 23.2 Å². The van der Waals surface area contributed by atoms with Crippen molar-refractivity contribution in [2.45, 2.75) is 12.9 Å². The number of hydrogen-bond acceptors (Lipinski definition) is 3. The Balaban J connectivity index is 1.78. The lowest BCUT2D eigenvalue weighted by Gasteiger charge is -2.11. The van der Waals surface area contributed by atoms with Crippen LogP contribution in [0.3, 0.4) is 0 Å². The SMILES string of the molecule is O=C(CNc1ccc(OC(F)(F)F)cc1)NCc1ccccc1Cl. The Hall–Kier alpha value is -2.41. The maximum Gasteiger partial charge on any atom is 0.573 e. The summed E-state index contributed by atoms with van der Waals surface area (Å²) < 4.78 is 39.9. The van der Waals surface area contributed by atoms with Gasteiger partial charge in [0.25, 0.3) is 0 Å². The van der Waals surface area contributed by atoms with Gasteiger partial charge in [-0.15, -0.1) is 13.2 Å². The molecule has 128 valence electrons. The van der Waals surface area contributed by atoms with Gasteiger partial charge in [-0.25, -0.2) is 0 Å². The van der Waals surface area contributed by atoms with Crippen LogP contribution in [0.1, 0.15) is 5.56 Å². The van der Waals surface area contributed by atoms with E-state index in [2.05, 4.69) is 15.4 Å². The zero-order chi connectivity index (χ0) is 17.6. The Morgan fingerprint density at radius 1 is 1.08 bits per heavy atom. The number of alkyl halides is 3. The maximum absolute atomic E-state index is 12.0. The fourth-order valence-electron chi connectivity index (χ4n) is 1.85.